The summed E-state index contributed by atoms with van der Waals surface area (Å²) in [6.45, 7) is 2.11. The fourth-order valence-corrected chi connectivity index (χ4v) is 5.21. The zero-order valence-corrected chi connectivity index (χ0v) is 13.4. The van der Waals surface area contributed by atoms with Crippen LogP contribution in [0.25, 0.3) is 0 Å². The number of sulfonamides is 1. The highest BCUT2D eigenvalue weighted by Gasteiger charge is 2.29. The normalized spacial score (nSPS) is 23.8. The fraction of sp³-hybridized carbons (Fsp3) is 0.500. The monoisotopic (exact) mass is 341 g/mol. The first kappa shape index (κ1) is 15.4. The van der Waals surface area contributed by atoms with Crippen molar-refractivity contribution in [3.05, 3.63) is 27.2 Å². The van der Waals surface area contributed by atoms with E-state index in [1.165, 1.54) is 12.1 Å². The Kier molecular flexibility index (Phi) is 4.68. The van der Waals surface area contributed by atoms with Gasteiger partial charge >= 0.3 is 0 Å². The van der Waals surface area contributed by atoms with Gasteiger partial charge in [0.1, 0.15) is 4.90 Å². The first-order valence-corrected chi connectivity index (χ1v) is 8.58. The highest BCUT2D eigenvalue weighted by atomic mass is 35.5. The largest absolute Gasteiger partial charge is 0.243 e. The van der Waals surface area contributed by atoms with Crippen molar-refractivity contribution in [3.63, 3.8) is 0 Å². The summed E-state index contributed by atoms with van der Waals surface area (Å²) >= 11 is 17.7. The molecular weight excluding hydrogens is 329 g/mol. The number of rotatable bonds is 3. The Balaban J connectivity index is 2.30. The van der Waals surface area contributed by atoms with Crippen molar-refractivity contribution in [2.45, 2.75) is 37.1 Å². The van der Waals surface area contributed by atoms with Gasteiger partial charge in [0.2, 0.25) is 10.0 Å². The van der Waals surface area contributed by atoms with E-state index in [0.717, 1.165) is 19.3 Å². The maximum Gasteiger partial charge on any atom is 0.243 e. The quantitative estimate of drug-likeness (QED) is 0.898. The van der Waals surface area contributed by atoms with Crippen LogP contribution >= 0.6 is 34.8 Å². The minimum Gasteiger partial charge on any atom is -0.208 e. The maximum absolute atomic E-state index is 12.3. The molecule has 1 aliphatic carbocycles. The van der Waals surface area contributed by atoms with Gasteiger partial charge < -0.3 is 0 Å². The van der Waals surface area contributed by atoms with Gasteiger partial charge in [-0.1, -0.05) is 41.7 Å². The van der Waals surface area contributed by atoms with Crippen molar-refractivity contribution in [2.24, 2.45) is 5.92 Å². The van der Waals surface area contributed by atoms with Gasteiger partial charge in [0.25, 0.3) is 0 Å². The van der Waals surface area contributed by atoms with Crippen LogP contribution in [0, 0.1) is 5.92 Å². The molecule has 1 aliphatic rings. The smallest absolute Gasteiger partial charge is 0.208 e. The molecule has 0 aromatic heterocycles. The number of nitrogens with one attached hydrogen (secondary N) is 1. The van der Waals surface area contributed by atoms with Crippen molar-refractivity contribution in [1.82, 2.24) is 4.72 Å². The highest BCUT2D eigenvalue weighted by Crippen LogP contribution is 2.34. The van der Waals surface area contributed by atoms with Gasteiger partial charge in [-0.2, -0.15) is 0 Å². The number of hydrogen-bond donors (Lipinski definition) is 1. The fourth-order valence-electron chi connectivity index (χ4n) is 2.38. The van der Waals surface area contributed by atoms with Gasteiger partial charge in [0, 0.05) is 11.1 Å². The third-order valence-electron chi connectivity index (χ3n) is 3.25. The van der Waals surface area contributed by atoms with Crippen molar-refractivity contribution >= 4 is 44.8 Å². The molecular formula is C12H14Cl3NO2S. The number of halogens is 3. The van der Waals surface area contributed by atoms with Crippen LogP contribution in [0.4, 0.5) is 0 Å². The minimum atomic E-state index is -3.72. The van der Waals surface area contributed by atoms with Crippen LogP contribution in [0.15, 0.2) is 17.0 Å². The summed E-state index contributed by atoms with van der Waals surface area (Å²) in [7, 11) is -3.72. The standard InChI is InChI=1S/C12H14Cl3NO2S/c1-7-2-3-9(4-7)16-19(17,18)12-10(14)5-8(13)6-11(12)15/h5-7,9,16H,2-4H2,1H3. The first-order chi connectivity index (χ1) is 8.79. The summed E-state index contributed by atoms with van der Waals surface area (Å²) < 4.78 is 27.3. The van der Waals surface area contributed by atoms with E-state index < -0.39 is 10.0 Å². The molecule has 1 aromatic carbocycles. The van der Waals surface area contributed by atoms with Gasteiger partial charge in [0.05, 0.1) is 10.0 Å². The topological polar surface area (TPSA) is 46.2 Å². The molecule has 0 aliphatic heterocycles. The molecule has 0 heterocycles. The van der Waals surface area contributed by atoms with Gasteiger partial charge in [-0.15, -0.1) is 0 Å². The summed E-state index contributed by atoms with van der Waals surface area (Å²) in [5.41, 5.74) is 0. The lowest BCUT2D eigenvalue weighted by Crippen LogP contribution is -2.33. The van der Waals surface area contributed by atoms with Gasteiger partial charge in [-0.05, 0) is 37.3 Å². The van der Waals surface area contributed by atoms with Gasteiger partial charge in [-0.3, -0.25) is 0 Å². The molecule has 2 unspecified atom stereocenters. The molecule has 7 heteroatoms. The van der Waals surface area contributed by atoms with E-state index in [1.807, 2.05) is 0 Å². The highest BCUT2D eigenvalue weighted by molar-refractivity contribution is 7.89. The first-order valence-electron chi connectivity index (χ1n) is 5.96. The maximum atomic E-state index is 12.3. The van der Waals surface area contributed by atoms with E-state index in [9.17, 15) is 8.42 Å². The van der Waals surface area contributed by atoms with Crippen molar-refractivity contribution in [3.8, 4) is 0 Å². The summed E-state index contributed by atoms with van der Waals surface area (Å²) in [6.07, 6.45) is 2.69. The average molecular weight is 343 g/mol. The Labute approximate surface area is 128 Å². The second-order valence-corrected chi connectivity index (χ2v) is 7.84. The SMILES string of the molecule is CC1CCC(NS(=O)(=O)c2c(Cl)cc(Cl)cc2Cl)C1. The van der Waals surface area contributed by atoms with Crippen LogP contribution in [0.1, 0.15) is 26.2 Å². The Morgan fingerprint density at radius 1 is 1.16 bits per heavy atom. The molecule has 1 saturated carbocycles. The predicted octanol–water partition coefficient (Wildman–Crippen LogP) is 4.11. The Morgan fingerprint density at radius 3 is 2.21 bits per heavy atom. The van der Waals surface area contributed by atoms with Gasteiger partial charge in [-0.25, -0.2) is 13.1 Å². The van der Waals surface area contributed by atoms with Crippen LogP contribution < -0.4 is 4.72 Å². The van der Waals surface area contributed by atoms with E-state index in [1.54, 1.807) is 0 Å². The molecule has 0 bridgehead atoms. The number of hydrogen-bond acceptors (Lipinski definition) is 2. The molecule has 0 radical (unpaired) electrons. The third kappa shape index (κ3) is 3.56. The summed E-state index contributed by atoms with van der Waals surface area (Å²) in [5, 5.41) is 0.385. The van der Waals surface area contributed by atoms with Crippen molar-refractivity contribution in [2.75, 3.05) is 0 Å². The van der Waals surface area contributed by atoms with Crippen LogP contribution in [-0.2, 0) is 10.0 Å². The minimum absolute atomic E-state index is 0.0380. The van der Waals surface area contributed by atoms with Crippen molar-refractivity contribution < 1.29 is 8.42 Å². The number of benzene rings is 1. The second-order valence-electron chi connectivity index (χ2n) is 4.93. The Morgan fingerprint density at radius 2 is 1.74 bits per heavy atom. The molecule has 3 nitrogen and oxygen atoms in total. The predicted molar refractivity (Wildman–Crippen MR) is 78.6 cm³/mol. The van der Waals surface area contributed by atoms with Crippen LogP contribution in [-0.4, -0.2) is 14.5 Å². The molecule has 2 rings (SSSR count). The average Bonchev–Trinajstić information content (AvgIpc) is 2.60. The molecule has 106 valence electrons. The molecule has 2 atom stereocenters. The molecule has 19 heavy (non-hydrogen) atoms. The van der Waals surface area contributed by atoms with Crippen LogP contribution in [0.2, 0.25) is 15.1 Å². The van der Waals surface area contributed by atoms with Crippen LogP contribution in [0.5, 0.6) is 0 Å². The third-order valence-corrected chi connectivity index (χ3v) is 5.91. The second kappa shape index (κ2) is 5.78. The van der Waals surface area contributed by atoms with E-state index in [4.69, 9.17) is 34.8 Å². The van der Waals surface area contributed by atoms with Crippen molar-refractivity contribution in [1.29, 1.82) is 0 Å². The summed E-state index contributed by atoms with van der Waals surface area (Å²) in [4.78, 5) is -0.0974. The zero-order chi connectivity index (χ0) is 14.2. The molecule has 0 amide bonds. The Hall–Kier alpha value is -0.000000000000000111. The zero-order valence-electron chi connectivity index (χ0n) is 10.3. The lowest BCUT2D eigenvalue weighted by Gasteiger charge is -2.15. The van der Waals surface area contributed by atoms with E-state index >= 15 is 0 Å². The molecule has 1 fully saturated rings. The molecule has 1 aromatic rings. The van der Waals surface area contributed by atoms with Gasteiger partial charge in [0.15, 0.2) is 0 Å². The molecule has 1 N–H and O–H groups in total. The molecule has 0 spiro atoms. The molecule has 0 saturated heterocycles. The lowest BCUT2D eigenvalue weighted by atomic mass is 10.1. The van der Waals surface area contributed by atoms with Crippen LogP contribution in [0.3, 0.4) is 0 Å². The van der Waals surface area contributed by atoms with E-state index in [2.05, 4.69) is 11.6 Å². The lowest BCUT2D eigenvalue weighted by molar-refractivity contribution is 0.538. The summed E-state index contributed by atoms with van der Waals surface area (Å²) in [5.74, 6) is 0.531. The summed E-state index contributed by atoms with van der Waals surface area (Å²) in [6, 6.07) is 2.70. The van der Waals surface area contributed by atoms with E-state index in [0.29, 0.717) is 10.9 Å². The Bertz CT molecular complexity index is 566. The van der Waals surface area contributed by atoms with E-state index in [-0.39, 0.29) is 21.0 Å².